The smallest absolute Gasteiger partial charge is 0.123 e. The van der Waals surface area contributed by atoms with Gasteiger partial charge in [0.15, 0.2) is 0 Å². The van der Waals surface area contributed by atoms with Gasteiger partial charge in [0.1, 0.15) is 11.5 Å². The molecule has 2 N–H and O–H groups in total. The van der Waals surface area contributed by atoms with Crippen LogP contribution in [0.25, 0.3) is 0 Å². The zero-order valence-electron chi connectivity index (χ0n) is 13.2. The zero-order chi connectivity index (χ0) is 15.0. The highest BCUT2D eigenvalue weighted by Crippen LogP contribution is 2.32. The average Bonchev–Trinajstić information content (AvgIpc) is 2.48. The molecule has 1 unspecified atom stereocenters. The summed E-state index contributed by atoms with van der Waals surface area (Å²) in [6, 6.07) is 6.07. The fourth-order valence-corrected chi connectivity index (χ4v) is 2.57. The minimum absolute atomic E-state index is 0.167. The van der Waals surface area contributed by atoms with E-state index in [1.54, 1.807) is 14.2 Å². The Kier molecular flexibility index (Phi) is 7.41. The van der Waals surface area contributed by atoms with Crippen molar-refractivity contribution >= 4 is 0 Å². The van der Waals surface area contributed by atoms with E-state index in [4.69, 9.17) is 15.2 Å². The van der Waals surface area contributed by atoms with Crippen molar-refractivity contribution < 1.29 is 9.47 Å². The monoisotopic (exact) mass is 280 g/mol. The van der Waals surface area contributed by atoms with Crippen molar-refractivity contribution in [2.45, 2.75) is 32.7 Å². The molecule has 1 aromatic carbocycles. The standard InChI is InChI=1S/C16H28N2O2/c1-5-9-18(10-6-2)15(12-17)14-11-13(19-3)7-8-16(14)20-4/h7-8,11,15H,5-6,9-10,12,17H2,1-4H3. The molecular weight excluding hydrogens is 252 g/mol. The summed E-state index contributed by atoms with van der Waals surface area (Å²) in [6.07, 6.45) is 2.23. The van der Waals surface area contributed by atoms with Gasteiger partial charge in [0, 0.05) is 12.1 Å². The molecule has 1 atom stereocenters. The van der Waals surface area contributed by atoms with Crippen LogP contribution in [0.15, 0.2) is 18.2 Å². The molecule has 0 amide bonds. The van der Waals surface area contributed by atoms with Crippen LogP contribution in [-0.2, 0) is 0 Å². The number of methoxy groups -OCH3 is 2. The van der Waals surface area contributed by atoms with E-state index in [-0.39, 0.29) is 6.04 Å². The predicted molar refractivity (Wildman–Crippen MR) is 83.5 cm³/mol. The molecule has 0 radical (unpaired) electrons. The van der Waals surface area contributed by atoms with Gasteiger partial charge in [-0.3, -0.25) is 4.90 Å². The number of ether oxygens (including phenoxy) is 2. The molecule has 0 fully saturated rings. The van der Waals surface area contributed by atoms with Crippen LogP contribution in [0.2, 0.25) is 0 Å². The molecule has 0 heterocycles. The molecule has 0 spiro atoms. The van der Waals surface area contributed by atoms with E-state index in [1.807, 2.05) is 18.2 Å². The highest BCUT2D eigenvalue weighted by Gasteiger charge is 2.21. The SMILES string of the molecule is CCCN(CCC)C(CN)c1cc(OC)ccc1OC. The first-order chi connectivity index (χ1) is 9.71. The zero-order valence-corrected chi connectivity index (χ0v) is 13.2. The van der Waals surface area contributed by atoms with Crippen molar-refractivity contribution in [3.05, 3.63) is 23.8 Å². The van der Waals surface area contributed by atoms with Crippen molar-refractivity contribution in [3.63, 3.8) is 0 Å². The fraction of sp³-hybridized carbons (Fsp3) is 0.625. The van der Waals surface area contributed by atoms with Crippen LogP contribution in [0.1, 0.15) is 38.3 Å². The lowest BCUT2D eigenvalue weighted by molar-refractivity contribution is 0.198. The Balaban J connectivity index is 3.13. The number of hydrogen-bond acceptors (Lipinski definition) is 4. The summed E-state index contributed by atoms with van der Waals surface area (Å²) in [5.74, 6) is 1.71. The van der Waals surface area contributed by atoms with Gasteiger partial charge < -0.3 is 15.2 Å². The summed E-state index contributed by atoms with van der Waals surface area (Å²) >= 11 is 0. The van der Waals surface area contributed by atoms with Gasteiger partial charge in [-0.1, -0.05) is 13.8 Å². The maximum atomic E-state index is 6.04. The van der Waals surface area contributed by atoms with Crippen LogP contribution in [0.4, 0.5) is 0 Å². The van der Waals surface area contributed by atoms with Crippen molar-refractivity contribution in [1.82, 2.24) is 4.90 Å². The van der Waals surface area contributed by atoms with Crippen molar-refractivity contribution in [3.8, 4) is 11.5 Å². The van der Waals surface area contributed by atoms with Gasteiger partial charge in [-0.2, -0.15) is 0 Å². The molecule has 0 saturated heterocycles. The Morgan fingerprint density at radius 1 is 1.10 bits per heavy atom. The van der Waals surface area contributed by atoms with Crippen LogP contribution in [0, 0.1) is 0 Å². The highest BCUT2D eigenvalue weighted by molar-refractivity contribution is 5.42. The Hall–Kier alpha value is -1.26. The van der Waals surface area contributed by atoms with Crippen LogP contribution < -0.4 is 15.2 Å². The molecular formula is C16H28N2O2. The third-order valence-electron chi connectivity index (χ3n) is 3.48. The predicted octanol–water partition coefficient (Wildman–Crippen LogP) is 2.83. The lowest BCUT2D eigenvalue weighted by Gasteiger charge is -2.31. The summed E-state index contributed by atoms with van der Waals surface area (Å²) in [6.45, 7) is 7.04. The van der Waals surface area contributed by atoms with E-state index in [0.29, 0.717) is 6.54 Å². The fourth-order valence-electron chi connectivity index (χ4n) is 2.57. The van der Waals surface area contributed by atoms with Crippen molar-refractivity contribution in [2.75, 3.05) is 33.9 Å². The summed E-state index contributed by atoms with van der Waals surface area (Å²) in [7, 11) is 3.38. The first-order valence-corrected chi connectivity index (χ1v) is 7.37. The number of nitrogens with zero attached hydrogens (tertiary/aromatic N) is 1. The van der Waals surface area contributed by atoms with E-state index in [9.17, 15) is 0 Å². The maximum Gasteiger partial charge on any atom is 0.123 e. The van der Waals surface area contributed by atoms with Gasteiger partial charge in [-0.25, -0.2) is 0 Å². The Morgan fingerprint density at radius 2 is 1.75 bits per heavy atom. The molecule has 0 aromatic heterocycles. The van der Waals surface area contributed by atoms with E-state index < -0.39 is 0 Å². The number of benzene rings is 1. The molecule has 4 heteroatoms. The summed E-state index contributed by atoms with van der Waals surface area (Å²) in [5.41, 5.74) is 7.15. The van der Waals surface area contributed by atoms with Crippen molar-refractivity contribution in [2.24, 2.45) is 5.73 Å². The van der Waals surface area contributed by atoms with Crippen LogP contribution in [0.5, 0.6) is 11.5 Å². The number of rotatable bonds is 9. The van der Waals surface area contributed by atoms with Crippen LogP contribution >= 0.6 is 0 Å². The van der Waals surface area contributed by atoms with E-state index in [1.165, 1.54) is 0 Å². The molecule has 0 aliphatic carbocycles. The average molecular weight is 280 g/mol. The number of hydrogen-bond donors (Lipinski definition) is 1. The van der Waals surface area contributed by atoms with Crippen LogP contribution in [-0.4, -0.2) is 38.8 Å². The normalized spacial score (nSPS) is 12.5. The van der Waals surface area contributed by atoms with Gasteiger partial charge in [0.05, 0.1) is 20.3 Å². The van der Waals surface area contributed by atoms with Crippen LogP contribution in [0.3, 0.4) is 0 Å². The lowest BCUT2D eigenvalue weighted by atomic mass is 10.0. The Morgan fingerprint density at radius 3 is 2.20 bits per heavy atom. The second kappa shape index (κ2) is 8.82. The lowest BCUT2D eigenvalue weighted by Crippen LogP contribution is -2.35. The molecule has 1 aromatic rings. The van der Waals surface area contributed by atoms with Crippen molar-refractivity contribution in [1.29, 1.82) is 0 Å². The highest BCUT2D eigenvalue weighted by atomic mass is 16.5. The third-order valence-corrected chi connectivity index (χ3v) is 3.48. The van der Waals surface area contributed by atoms with Gasteiger partial charge in [-0.05, 0) is 44.1 Å². The summed E-state index contributed by atoms with van der Waals surface area (Å²) < 4.78 is 10.8. The molecule has 1 rings (SSSR count). The molecule has 0 aliphatic heterocycles. The quantitative estimate of drug-likeness (QED) is 0.755. The Bertz CT molecular complexity index is 390. The molecule has 20 heavy (non-hydrogen) atoms. The molecule has 114 valence electrons. The van der Waals surface area contributed by atoms with E-state index in [0.717, 1.165) is 43.0 Å². The van der Waals surface area contributed by atoms with E-state index in [2.05, 4.69) is 18.7 Å². The molecule has 0 saturated carbocycles. The molecule has 0 aliphatic rings. The topological polar surface area (TPSA) is 47.7 Å². The van der Waals surface area contributed by atoms with Gasteiger partial charge in [0.2, 0.25) is 0 Å². The van der Waals surface area contributed by atoms with Gasteiger partial charge in [-0.15, -0.1) is 0 Å². The molecule has 4 nitrogen and oxygen atoms in total. The first-order valence-electron chi connectivity index (χ1n) is 7.37. The first kappa shape index (κ1) is 16.8. The summed E-state index contributed by atoms with van der Waals surface area (Å²) in [5, 5.41) is 0. The Labute approximate surface area is 122 Å². The second-order valence-corrected chi connectivity index (χ2v) is 4.90. The minimum atomic E-state index is 0.167. The van der Waals surface area contributed by atoms with E-state index >= 15 is 0 Å². The largest absolute Gasteiger partial charge is 0.497 e. The number of nitrogens with two attached hydrogens (primary N) is 1. The summed E-state index contributed by atoms with van der Waals surface area (Å²) in [4.78, 5) is 2.43. The van der Waals surface area contributed by atoms with Gasteiger partial charge >= 0.3 is 0 Å². The molecule has 0 bridgehead atoms. The second-order valence-electron chi connectivity index (χ2n) is 4.90. The third kappa shape index (κ3) is 4.12. The maximum absolute atomic E-state index is 6.04. The van der Waals surface area contributed by atoms with Gasteiger partial charge in [0.25, 0.3) is 0 Å². The minimum Gasteiger partial charge on any atom is -0.497 e.